The largest absolute Gasteiger partial charge is 0.475 e. The van der Waals surface area contributed by atoms with Crippen molar-refractivity contribution >= 4 is 21.6 Å². The van der Waals surface area contributed by atoms with Crippen molar-refractivity contribution in [3.8, 4) is 5.88 Å². The van der Waals surface area contributed by atoms with Crippen molar-refractivity contribution in [3.05, 3.63) is 28.7 Å². The molecular weight excluding hydrogens is 430 g/mol. The second-order valence-electron chi connectivity index (χ2n) is 9.06. The van der Waals surface area contributed by atoms with Crippen molar-refractivity contribution in [1.29, 1.82) is 0 Å². The molecule has 10 nitrogen and oxygen atoms in total. The van der Waals surface area contributed by atoms with Gasteiger partial charge in [0, 0.05) is 17.3 Å². The molecule has 2 aromatic heterocycles. The zero-order valence-electron chi connectivity index (χ0n) is 18.6. The van der Waals surface area contributed by atoms with Gasteiger partial charge in [-0.15, -0.1) is 4.36 Å². The number of carbonyl (C=O) groups excluding carboxylic acids is 1. The van der Waals surface area contributed by atoms with Crippen molar-refractivity contribution in [3.63, 3.8) is 0 Å². The van der Waals surface area contributed by atoms with Gasteiger partial charge in [-0.3, -0.25) is 4.98 Å². The van der Waals surface area contributed by atoms with E-state index in [1.165, 1.54) is 6.20 Å². The first kappa shape index (κ1) is 21.4. The quantitative estimate of drug-likeness (QED) is 0.721. The molecular formula is C21H29N7O3S. The Balaban J connectivity index is 1.43. The summed E-state index contributed by atoms with van der Waals surface area (Å²) < 4.78 is 24.5. The van der Waals surface area contributed by atoms with E-state index in [9.17, 15) is 9.00 Å². The van der Waals surface area contributed by atoms with Gasteiger partial charge in [0.05, 0.1) is 24.5 Å². The van der Waals surface area contributed by atoms with Crippen LogP contribution in [0.15, 0.2) is 15.5 Å². The lowest BCUT2D eigenvalue weighted by Crippen LogP contribution is -2.41. The van der Waals surface area contributed by atoms with Gasteiger partial charge in [-0.05, 0) is 64.3 Å². The molecule has 2 atom stereocenters. The first-order valence-corrected chi connectivity index (χ1v) is 12.6. The second-order valence-corrected chi connectivity index (χ2v) is 10.8. The second kappa shape index (κ2) is 7.82. The predicted molar refractivity (Wildman–Crippen MR) is 120 cm³/mol. The maximum atomic E-state index is 13.2. The Morgan fingerprint density at radius 2 is 2.16 bits per heavy atom. The van der Waals surface area contributed by atoms with Crippen LogP contribution in [0.2, 0.25) is 0 Å². The van der Waals surface area contributed by atoms with E-state index in [1.54, 1.807) is 4.68 Å². The highest BCUT2D eigenvalue weighted by molar-refractivity contribution is 7.91. The summed E-state index contributed by atoms with van der Waals surface area (Å²) in [6, 6.07) is -0.591. The first-order valence-electron chi connectivity index (χ1n) is 11.0. The summed E-state index contributed by atoms with van der Waals surface area (Å²) in [5.74, 6) is 0.776. The lowest BCUT2D eigenvalue weighted by Gasteiger charge is -2.29. The highest BCUT2D eigenvalue weighted by Crippen LogP contribution is 2.44. The van der Waals surface area contributed by atoms with Gasteiger partial charge in [0.1, 0.15) is 11.5 Å². The summed E-state index contributed by atoms with van der Waals surface area (Å²) in [7, 11) is 0.389. The number of nitrogens with zero attached hydrogens (tertiary/aromatic N) is 5. The molecule has 3 aliphatic rings. The fraction of sp³-hybridized carbons (Fsp3) is 0.571. The SMILES string of the molecule is Cc1c(C2CC2)nc2c(c1NC(=O)N=S(N)(=O)c1cnn3c1OCC(N(C)C)C3)CCC2. The molecule has 3 heterocycles. The standard InChI is InChI=1S/C21H29N7O3S/c1-12-18(13-7-8-13)24-16-6-4-5-15(16)19(12)25-21(29)26-32(22,30)17-9-23-28-10-14(27(2)3)11-31-20(17)28/h9,13-14H,4-8,10-11H2,1-3H3,(H3,22,24,25,26,29,30). The van der Waals surface area contributed by atoms with Crippen LogP contribution in [0.3, 0.4) is 0 Å². The van der Waals surface area contributed by atoms with E-state index < -0.39 is 15.9 Å². The number of hydrogen-bond donors (Lipinski definition) is 2. The number of hydrogen-bond acceptors (Lipinski definition) is 6. The average molecular weight is 460 g/mol. The molecule has 0 aromatic carbocycles. The van der Waals surface area contributed by atoms with Gasteiger partial charge in [0.15, 0.2) is 9.92 Å². The van der Waals surface area contributed by atoms with Crippen LogP contribution in [-0.2, 0) is 29.3 Å². The molecule has 1 saturated carbocycles. The minimum Gasteiger partial charge on any atom is -0.475 e. The fourth-order valence-corrected chi connectivity index (χ4v) is 5.51. The van der Waals surface area contributed by atoms with E-state index in [-0.39, 0.29) is 10.9 Å². The molecule has 1 fully saturated rings. The number of anilines is 1. The lowest BCUT2D eigenvalue weighted by atomic mass is 10.0. The van der Waals surface area contributed by atoms with E-state index >= 15 is 0 Å². The maximum absolute atomic E-state index is 13.2. The number of aryl methyl sites for hydroxylation is 1. The van der Waals surface area contributed by atoms with Gasteiger partial charge in [-0.1, -0.05) is 0 Å². The minimum atomic E-state index is -3.53. The molecule has 0 spiro atoms. The smallest absolute Gasteiger partial charge is 0.354 e. The maximum Gasteiger partial charge on any atom is 0.354 e. The molecule has 2 unspecified atom stereocenters. The normalized spacial score (nSPS) is 21.5. The van der Waals surface area contributed by atoms with E-state index in [2.05, 4.69) is 14.8 Å². The summed E-state index contributed by atoms with van der Waals surface area (Å²) in [5, 5.41) is 13.2. The first-order chi connectivity index (χ1) is 15.2. The van der Waals surface area contributed by atoms with Crippen molar-refractivity contribution < 1.29 is 13.7 Å². The molecule has 2 aromatic rings. The van der Waals surface area contributed by atoms with Crippen LogP contribution in [0, 0.1) is 6.92 Å². The third-order valence-corrected chi connectivity index (χ3v) is 7.87. The van der Waals surface area contributed by atoms with Crippen LogP contribution in [0.1, 0.15) is 47.7 Å². The van der Waals surface area contributed by atoms with Crippen LogP contribution < -0.4 is 15.2 Å². The van der Waals surface area contributed by atoms with E-state index in [0.717, 1.165) is 60.3 Å². The predicted octanol–water partition coefficient (Wildman–Crippen LogP) is 2.21. The van der Waals surface area contributed by atoms with Crippen LogP contribution >= 0.6 is 0 Å². The number of amides is 2. The van der Waals surface area contributed by atoms with Crippen molar-refractivity contribution in [2.75, 3.05) is 26.0 Å². The average Bonchev–Trinajstić information content (AvgIpc) is 3.30. The van der Waals surface area contributed by atoms with E-state index in [4.69, 9.17) is 14.9 Å². The number of carbonyl (C=O) groups is 1. The van der Waals surface area contributed by atoms with Crippen molar-refractivity contribution in [2.45, 2.75) is 62.4 Å². The number of fused-ring (bicyclic) bond motifs is 2. The number of likely N-dealkylation sites (N-methyl/N-ethyl adjacent to an activating group) is 1. The van der Waals surface area contributed by atoms with Crippen LogP contribution in [0.25, 0.3) is 0 Å². The zero-order valence-corrected chi connectivity index (χ0v) is 19.4. The molecule has 2 aliphatic carbocycles. The monoisotopic (exact) mass is 459 g/mol. The number of ether oxygens (including phenoxy) is 1. The van der Waals surface area contributed by atoms with Gasteiger partial charge in [0.2, 0.25) is 5.88 Å². The number of rotatable bonds is 4. The third kappa shape index (κ3) is 3.78. The van der Waals surface area contributed by atoms with E-state index in [1.807, 2.05) is 25.9 Å². The Morgan fingerprint density at radius 3 is 2.88 bits per heavy atom. The summed E-state index contributed by atoms with van der Waals surface area (Å²) >= 11 is 0. The number of nitrogens with two attached hydrogens (primary N) is 1. The Bertz CT molecular complexity index is 1210. The number of nitrogens with one attached hydrogen (secondary N) is 1. The molecule has 3 N–H and O–H groups in total. The highest BCUT2D eigenvalue weighted by atomic mass is 32.2. The summed E-state index contributed by atoms with van der Waals surface area (Å²) in [6.45, 7) is 2.98. The van der Waals surface area contributed by atoms with Crippen molar-refractivity contribution in [1.82, 2.24) is 19.7 Å². The highest BCUT2D eigenvalue weighted by Gasteiger charge is 2.32. The molecule has 2 amide bonds. The summed E-state index contributed by atoms with van der Waals surface area (Å²) in [5.41, 5.74) is 4.89. The molecule has 0 saturated heterocycles. The minimum absolute atomic E-state index is 0.139. The topological polar surface area (TPSA) is 128 Å². The van der Waals surface area contributed by atoms with Crippen LogP contribution in [-0.4, -0.2) is 56.6 Å². The number of urea groups is 1. The van der Waals surface area contributed by atoms with E-state index in [0.29, 0.717) is 24.9 Å². The molecule has 5 rings (SSSR count). The summed E-state index contributed by atoms with van der Waals surface area (Å²) in [4.78, 5) is 19.9. The van der Waals surface area contributed by atoms with Crippen molar-refractivity contribution in [2.24, 2.45) is 9.50 Å². The molecule has 32 heavy (non-hydrogen) atoms. The molecule has 11 heteroatoms. The van der Waals surface area contributed by atoms with Crippen LogP contribution in [0.5, 0.6) is 5.88 Å². The zero-order chi connectivity index (χ0) is 22.6. The molecule has 1 aliphatic heterocycles. The fourth-order valence-electron chi connectivity index (χ4n) is 4.50. The number of pyridine rings is 1. The Morgan fingerprint density at radius 1 is 1.38 bits per heavy atom. The molecule has 0 bridgehead atoms. The molecule has 172 valence electrons. The van der Waals surface area contributed by atoms with Gasteiger partial charge < -0.3 is 15.0 Å². The summed E-state index contributed by atoms with van der Waals surface area (Å²) in [6.07, 6.45) is 6.42. The van der Waals surface area contributed by atoms with Crippen LogP contribution in [0.4, 0.5) is 10.5 Å². The Hall–Kier alpha value is -2.50. The lowest BCUT2D eigenvalue weighted by molar-refractivity contribution is 0.117. The molecule has 0 radical (unpaired) electrons. The van der Waals surface area contributed by atoms with Gasteiger partial charge in [-0.25, -0.2) is 18.8 Å². The Labute approximate surface area is 187 Å². The van der Waals surface area contributed by atoms with Gasteiger partial charge in [0.25, 0.3) is 0 Å². The van der Waals surface area contributed by atoms with Gasteiger partial charge >= 0.3 is 6.03 Å². The van der Waals surface area contributed by atoms with Gasteiger partial charge in [-0.2, -0.15) is 5.10 Å². The third-order valence-electron chi connectivity index (χ3n) is 6.52. The number of aromatic nitrogens is 3. The Kier molecular flexibility index (Phi) is 5.22.